The van der Waals surface area contributed by atoms with Gasteiger partial charge >= 0.3 is 0 Å². The predicted octanol–water partition coefficient (Wildman–Crippen LogP) is 1.40. The van der Waals surface area contributed by atoms with Gasteiger partial charge in [-0.15, -0.1) is 0 Å². The van der Waals surface area contributed by atoms with E-state index in [2.05, 4.69) is 46.4 Å². The first-order valence-corrected chi connectivity index (χ1v) is 8.09. The average molecular weight is 355 g/mol. The van der Waals surface area contributed by atoms with Gasteiger partial charge in [0.15, 0.2) is 0 Å². The zero-order valence-electron chi connectivity index (χ0n) is 15.9. The summed E-state index contributed by atoms with van der Waals surface area (Å²) in [5.74, 6) is -1.92. The molecule has 0 saturated heterocycles. The fourth-order valence-electron chi connectivity index (χ4n) is 1.42. The van der Waals surface area contributed by atoms with Crippen molar-refractivity contribution in [3.8, 4) is 0 Å². The molecule has 0 atom stereocenters. The summed E-state index contributed by atoms with van der Waals surface area (Å²) >= 11 is 0. The van der Waals surface area contributed by atoms with Gasteiger partial charge in [0.05, 0.1) is 19.6 Å². The van der Waals surface area contributed by atoms with Crippen LogP contribution in [-0.4, -0.2) is 61.2 Å². The first-order chi connectivity index (χ1) is 10.2. The number of carboxylic acids is 2. The molecule has 0 saturated carbocycles. The van der Waals surface area contributed by atoms with Crippen molar-refractivity contribution >= 4 is 11.9 Å². The zero-order valence-corrected chi connectivity index (χ0v) is 15.9. The second-order valence-electron chi connectivity index (χ2n) is 4.44. The lowest BCUT2D eigenvalue weighted by Gasteiger charge is -2.13. The number of aliphatic carboxylic acids is 2. The van der Waals surface area contributed by atoms with Gasteiger partial charge in [-0.1, -0.05) is 35.6 Å². The average Bonchev–Trinajstić information content (AvgIpc) is 2.42. The van der Waals surface area contributed by atoms with Crippen LogP contribution in [0.2, 0.25) is 0 Å². The molecule has 0 unspecified atom stereocenters. The van der Waals surface area contributed by atoms with Crippen LogP contribution in [0, 0.1) is 0 Å². The van der Waals surface area contributed by atoms with E-state index in [9.17, 15) is 0 Å². The first kappa shape index (κ1) is 38.4. The molecule has 0 aromatic rings. The highest BCUT2D eigenvalue weighted by molar-refractivity contribution is 5.63. The second-order valence-corrected chi connectivity index (χ2v) is 4.44. The lowest BCUT2D eigenvalue weighted by Crippen LogP contribution is -3.11. The summed E-state index contributed by atoms with van der Waals surface area (Å²) in [4.78, 5) is 21.9. The Kier molecular flexibility index (Phi) is 53.6. The number of rotatable bonds is 6. The molecule has 0 aromatic heterocycles. The van der Waals surface area contributed by atoms with E-state index in [4.69, 9.17) is 19.8 Å². The Bertz CT molecular complexity index is 186. The Labute approximate surface area is 151 Å². The van der Waals surface area contributed by atoms with E-state index in [1.807, 2.05) is 0 Å². The van der Waals surface area contributed by atoms with E-state index in [0.29, 0.717) is 0 Å². The number of carbonyl (C=O) groups is 2. The number of hydrogen-bond donors (Lipinski definition) is 2. The molecule has 0 aliphatic carbocycles. The van der Waals surface area contributed by atoms with Crippen molar-refractivity contribution in [2.45, 2.75) is 70.2 Å². The minimum atomic E-state index is -1.08. The van der Waals surface area contributed by atoms with Crippen molar-refractivity contribution < 1.29 is 24.7 Å². The summed E-state index contributed by atoms with van der Waals surface area (Å²) in [5.41, 5.74) is 0. The molecule has 0 fully saturated rings. The number of hydrogen-bond acceptors (Lipinski definition) is 4. The smallest absolute Gasteiger partial charge is 0.300 e. The van der Waals surface area contributed by atoms with Crippen LogP contribution in [0.3, 0.4) is 0 Å². The molecule has 0 aliphatic rings. The molecule has 0 aliphatic heterocycles. The van der Waals surface area contributed by atoms with Gasteiger partial charge < -0.3 is 24.8 Å². The first-order valence-electron chi connectivity index (χ1n) is 8.09. The van der Waals surface area contributed by atoms with Crippen LogP contribution < -0.4 is 10.0 Å². The predicted molar refractivity (Wildman–Crippen MR) is 104 cm³/mol. The topological polar surface area (TPSA) is 85.1 Å². The van der Waals surface area contributed by atoms with Crippen molar-refractivity contribution in [3.05, 3.63) is 0 Å². The molecule has 6 nitrogen and oxygen atoms in total. The highest BCUT2D eigenvalue weighted by Gasteiger charge is 1.92. The Morgan fingerprint density at radius 2 is 1.00 bits per heavy atom. The van der Waals surface area contributed by atoms with Crippen LogP contribution in [0.4, 0.5) is 0 Å². The molecule has 0 radical (unpaired) electrons. The molecule has 152 valence electrons. The van der Waals surface area contributed by atoms with Crippen LogP contribution in [0.5, 0.6) is 0 Å². The molecule has 2 N–H and O–H groups in total. The van der Waals surface area contributed by atoms with Gasteiger partial charge in [0.25, 0.3) is 5.97 Å². The van der Waals surface area contributed by atoms with Gasteiger partial charge in [0.2, 0.25) is 0 Å². The Hall–Kier alpha value is -1.14. The summed E-state index contributed by atoms with van der Waals surface area (Å²) in [5, 5.41) is 16.3. The Morgan fingerprint density at radius 1 is 0.833 bits per heavy atom. The van der Waals surface area contributed by atoms with E-state index in [1.54, 1.807) is 4.90 Å². The minimum absolute atomic E-state index is 0. The molecule has 0 aromatic carbocycles. The second kappa shape index (κ2) is 33.5. The highest BCUT2D eigenvalue weighted by Crippen LogP contribution is 1.81. The maximum atomic E-state index is 9.00. The molecule has 0 rings (SSSR count). The number of nitrogens with one attached hydrogen (secondary N) is 1. The number of nitrogens with zero attached hydrogens (tertiary/aromatic N) is 1. The van der Waals surface area contributed by atoms with Crippen LogP contribution in [0.1, 0.15) is 70.2 Å². The normalized spacial score (nSPS) is 8.08. The molecule has 0 bridgehead atoms. The Balaban J connectivity index is -0.0000000453. The highest BCUT2D eigenvalue weighted by atomic mass is 16.4. The SMILES string of the molecule is C.C.CC(=O)O.CC(=O)[O-].CCN(CC)CC.CC[NH+](CC)CC. The Morgan fingerprint density at radius 3 is 1.00 bits per heavy atom. The standard InChI is InChI=1S/2C6H15N.2C2H4O2.2CH4/c2*1-4-7(5-2)6-3;2*1-2(3)4;;/h2*4-6H2,1-3H3;2*1H3,(H,3,4);2*1H4. The van der Waals surface area contributed by atoms with E-state index in [0.717, 1.165) is 13.8 Å². The van der Waals surface area contributed by atoms with Crippen LogP contribution in [-0.2, 0) is 9.59 Å². The minimum Gasteiger partial charge on any atom is -0.550 e. The maximum Gasteiger partial charge on any atom is 0.300 e. The number of quaternary nitrogens is 1. The summed E-state index contributed by atoms with van der Waals surface area (Å²) in [6, 6.07) is 0. The van der Waals surface area contributed by atoms with E-state index in [-0.39, 0.29) is 14.9 Å². The van der Waals surface area contributed by atoms with Gasteiger partial charge in [-0.3, -0.25) is 4.79 Å². The van der Waals surface area contributed by atoms with Crippen molar-refractivity contribution in [1.82, 2.24) is 4.90 Å². The third kappa shape index (κ3) is 69.8. The van der Waals surface area contributed by atoms with Gasteiger partial charge in [-0.2, -0.15) is 0 Å². The summed E-state index contributed by atoms with van der Waals surface area (Å²) < 4.78 is 0. The van der Waals surface area contributed by atoms with E-state index in [1.165, 1.54) is 39.3 Å². The lowest BCUT2D eigenvalue weighted by atomic mass is 10.5. The zero-order chi connectivity index (χ0) is 18.6. The van der Waals surface area contributed by atoms with E-state index < -0.39 is 11.9 Å². The van der Waals surface area contributed by atoms with Gasteiger partial charge in [-0.25, -0.2) is 0 Å². The molecule has 6 heteroatoms. The van der Waals surface area contributed by atoms with Gasteiger partial charge in [0, 0.05) is 12.9 Å². The molecule has 0 spiro atoms. The van der Waals surface area contributed by atoms with Crippen LogP contribution in [0.15, 0.2) is 0 Å². The molecular weight excluding hydrogens is 308 g/mol. The van der Waals surface area contributed by atoms with Crippen molar-refractivity contribution in [3.63, 3.8) is 0 Å². The molecule has 0 heterocycles. The summed E-state index contributed by atoms with van der Waals surface area (Å²) in [7, 11) is 0. The number of carbonyl (C=O) groups excluding carboxylic acids is 1. The summed E-state index contributed by atoms with van der Waals surface area (Å²) in [6.45, 7) is 22.7. The fourth-order valence-corrected chi connectivity index (χ4v) is 1.42. The van der Waals surface area contributed by atoms with Crippen molar-refractivity contribution in [2.24, 2.45) is 0 Å². The van der Waals surface area contributed by atoms with Crippen LogP contribution in [0.25, 0.3) is 0 Å². The quantitative estimate of drug-likeness (QED) is 0.753. The maximum absolute atomic E-state index is 9.00. The third-order valence-electron chi connectivity index (χ3n) is 2.84. The molecule has 24 heavy (non-hydrogen) atoms. The van der Waals surface area contributed by atoms with Crippen molar-refractivity contribution in [1.29, 1.82) is 0 Å². The third-order valence-corrected chi connectivity index (χ3v) is 2.84. The van der Waals surface area contributed by atoms with Crippen molar-refractivity contribution in [2.75, 3.05) is 39.3 Å². The largest absolute Gasteiger partial charge is 0.550 e. The van der Waals surface area contributed by atoms with Gasteiger partial charge in [0.1, 0.15) is 0 Å². The monoisotopic (exact) mass is 354 g/mol. The number of carboxylic acid groups (broad SMARTS) is 2. The van der Waals surface area contributed by atoms with E-state index >= 15 is 0 Å². The van der Waals surface area contributed by atoms with Crippen LogP contribution >= 0.6 is 0 Å². The summed E-state index contributed by atoms with van der Waals surface area (Å²) in [6.07, 6.45) is 0. The molecule has 0 amide bonds. The fraction of sp³-hybridized carbons (Fsp3) is 0.889. The van der Waals surface area contributed by atoms with Gasteiger partial charge in [-0.05, 0) is 47.3 Å². The lowest BCUT2D eigenvalue weighted by molar-refractivity contribution is -0.894. The molecular formula is C18H46N2O4.